The normalized spacial score (nSPS) is 14.8. The standard InChI is InChI=1S/C15H23FN2O/c1-10(11-7-5-6-8-12(11)16)18-14(19)9-13(17)15(2,3)4/h5-8,10,13H,9,17H2,1-4H3,(H,18,19)/t10-,13?/m1/s1. The van der Waals surface area contributed by atoms with Gasteiger partial charge in [-0.1, -0.05) is 39.0 Å². The fourth-order valence-electron chi connectivity index (χ4n) is 1.71. The van der Waals surface area contributed by atoms with Crippen molar-refractivity contribution in [1.82, 2.24) is 5.32 Å². The minimum Gasteiger partial charge on any atom is -0.349 e. The third kappa shape index (κ3) is 4.63. The van der Waals surface area contributed by atoms with Crippen LogP contribution < -0.4 is 11.1 Å². The molecule has 1 aromatic rings. The molecule has 2 atom stereocenters. The molecule has 1 amide bonds. The van der Waals surface area contributed by atoms with Gasteiger partial charge in [0, 0.05) is 18.0 Å². The van der Waals surface area contributed by atoms with E-state index >= 15 is 0 Å². The highest BCUT2D eigenvalue weighted by atomic mass is 19.1. The number of amides is 1. The molecule has 3 N–H and O–H groups in total. The Balaban J connectivity index is 2.61. The summed E-state index contributed by atoms with van der Waals surface area (Å²) in [4.78, 5) is 11.9. The number of nitrogens with two attached hydrogens (primary N) is 1. The van der Waals surface area contributed by atoms with Gasteiger partial charge in [-0.05, 0) is 18.4 Å². The van der Waals surface area contributed by atoms with Crippen molar-refractivity contribution in [3.05, 3.63) is 35.6 Å². The van der Waals surface area contributed by atoms with Crippen LogP contribution in [0.1, 0.15) is 45.7 Å². The fourth-order valence-corrected chi connectivity index (χ4v) is 1.71. The van der Waals surface area contributed by atoms with Crippen LogP contribution in [0.3, 0.4) is 0 Å². The van der Waals surface area contributed by atoms with E-state index in [0.717, 1.165) is 0 Å². The second-order valence-corrected chi connectivity index (χ2v) is 5.99. The van der Waals surface area contributed by atoms with Crippen LogP contribution in [0.2, 0.25) is 0 Å². The second kappa shape index (κ2) is 6.15. The number of carbonyl (C=O) groups excluding carboxylic acids is 1. The summed E-state index contributed by atoms with van der Waals surface area (Å²) in [5.41, 5.74) is 6.32. The monoisotopic (exact) mass is 266 g/mol. The van der Waals surface area contributed by atoms with Crippen molar-refractivity contribution in [2.75, 3.05) is 0 Å². The Kier molecular flexibility index (Phi) is 5.06. The van der Waals surface area contributed by atoms with Crippen LogP contribution in [0.5, 0.6) is 0 Å². The van der Waals surface area contributed by atoms with E-state index in [0.29, 0.717) is 5.56 Å². The molecule has 0 bridgehead atoms. The highest BCUT2D eigenvalue weighted by Crippen LogP contribution is 2.21. The summed E-state index contributed by atoms with van der Waals surface area (Å²) in [6, 6.07) is 5.86. The van der Waals surface area contributed by atoms with E-state index in [1.807, 2.05) is 20.8 Å². The predicted molar refractivity (Wildman–Crippen MR) is 75.0 cm³/mol. The molecule has 0 aliphatic heterocycles. The van der Waals surface area contributed by atoms with Gasteiger partial charge in [0.05, 0.1) is 6.04 Å². The van der Waals surface area contributed by atoms with Crippen LogP contribution in [0.25, 0.3) is 0 Å². The van der Waals surface area contributed by atoms with E-state index in [9.17, 15) is 9.18 Å². The summed E-state index contributed by atoms with van der Waals surface area (Å²) in [6.45, 7) is 7.74. The molecule has 1 unspecified atom stereocenters. The van der Waals surface area contributed by atoms with Crippen molar-refractivity contribution in [3.63, 3.8) is 0 Å². The molecule has 0 heterocycles. The SMILES string of the molecule is C[C@@H](NC(=O)CC(N)C(C)(C)C)c1ccccc1F. The highest BCUT2D eigenvalue weighted by Gasteiger charge is 2.24. The summed E-state index contributed by atoms with van der Waals surface area (Å²) in [5.74, 6) is -0.464. The molecule has 1 aromatic carbocycles. The maximum atomic E-state index is 13.6. The van der Waals surface area contributed by atoms with E-state index in [-0.39, 0.29) is 35.6 Å². The molecule has 0 saturated carbocycles. The van der Waals surface area contributed by atoms with Crippen LogP contribution in [0, 0.1) is 11.2 Å². The minimum atomic E-state index is -0.360. The number of carbonyl (C=O) groups is 1. The molecule has 3 nitrogen and oxygen atoms in total. The van der Waals surface area contributed by atoms with E-state index < -0.39 is 0 Å². The van der Waals surface area contributed by atoms with Gasteiger partial charge in [0.1, 0.15) is 5.82 Å². The molecule has 4 heteroatoms. The molecule has 0 spiro atoms. The zero-order valence-electron chi connectivity index (χ0n) is 12.0. The minimum absolute atomic E-state index is 0.126. The Hall–Kier alpha value is -1.42. The first-order valence-corrected chi connectivity index (χ1v) is 6.51. The predicted octanol–water partition coefficient (Wildman–Crippen LogP) is 2.77. The molecular weight excluding hydrogens is 243 g/mol. The molecule has 0 fully saturated rings. The summed E-state index contributed by atoms with van der Waals surface area (Å²) in [7, 11) is 0. The van der Waals surface area contributed by atoms with Crippen molar-refractivity contribution in [2.45, 2.75) is 46.2 Å². The van der Waals surface area contributed by atoms with Crippen molar-refractivity contribution < 1.29 is 9.18 Å². The van der Waals surface area contributed by atoms with Crippen LogP contribution in [0.4, 0.5) is 4.39 Å². The van der Waals surface area contributed by atoms with E-state index in [4.69, 9.17) is 5.73 Å². The lowest BCUT2D eigenvalue weighted by molar-refractivity contribution is -0.122. The number of hydrogen-bond acceptors (Lipinski definition) is 2. The summed E-state index contributed by atoms with van der Waals surface area (Å²) < 4.78 is 13.6. The van der Waals surface area contributed by atoms with Crippen molar-refractivity contribution >= 4 is 5.91 Å². The number of benzene rings is 1. The fraction of sp³-hybridized carbons (Fsp3) is 0.533. The molecule has 0 aliphatic rings. The Bertz CT molecular complexity index is 440. The Morgan fingerprint density at radius 1 is 1.37 bits per heavy atom. The van der Waals surface area contributed by atoms with Crippen LogP contribution in [-0.2, 0) is 4.79 Å². The Morgan fingerprint density at radius 3 is 2.47 bits per heavy atom. The number of rotatable bonds is 4. The van der Waals surface area contributed by atoms with Gasteiger partial charge >= 0.3 is 0 Å². The van der Waals surface area contributed by atoms with E-state index in [1.165, 1.54) is 6.07 Å². The molecule has 0 saturated heterocycles. The first-order chi connectivity index (χ1) is 8.71. The molecule has 19 heavy (non-hydrogen) atoms. The smallest absolute Gasteiger partial charge is 0.222 e. The third-order valence-electron chi connectivity index (χ3n) is 3.27. The lowest BCUT2D eigenvalue weighted by Crippen LogP contribution is -2.40. The van der Waals surface area contributed by atoms with Crippen LogP contribution in [0.15, 0.2) is 24.3 Å². The van der Waals surface area contributed by atoms with Crippen LogP contribution in [-0.4, -0.2) is 11.9 Å². The largest absolute Gasteiger partial charge is 0.349 e. The first-order valence-electron chi connectivity index (χ1n) is 6.51. The average Bonchev–Trinajstić information content (AvgIpc) is 2.27. The number of halogens is 1. The van der Waals surface area contributed by atoms with Gasteiger partial charge < -0.3 is 11.1 Å². The number of nitrogens with one attached hydrogen (secondary N) is 1. The maximum Gasteiger partial charge on any atom is 0.222 e. The van der Waals surface area contributed by atoms with E-state index in [1.54, 1.807) is 25.1 Å². The average molecular weight is 266 g/mol. The van der Waals surface area contributed by atoms with E-state index in [2.05, 4.69) is 5.32 Å². The van der Waals surface area contributed by atoms with Crippen LogP contribution >= 0.6 is 0 Å². The van der Waals surface area contributed by atoms with Gasteiger partial charge in [0.15, 0.2) is 0 Å². The van der Waals surface area contributed by atoms with Gasteiger partial charge in [-0.25, -0.2) is 4.39 Å². The van der Waals surface area contributed by atoms with Gasteiger partial charge in [-0.2, -0.15) is 0 Å². The van der Waals surface area contributed by atoms with Gasteiger partial charge in [-0.3, -0.25) is 4.79 Å². The number of hydrogen-bond donors (Lipinski definition) is 2. The van der Waals surface area contributed by atoms with Crippen molar-refractivity contribution in [2.24, 2.45) is 11.1 Å². The van der Waals surface area contributed by atoms with Gasteiger partial charge in [0.25, 0.3) is 0 Å². The Labute approximate surface area is 114 Å². The molecule has 106 valence electrons. The Morgan fingerprint density at radius 2 is 1.95 bits per heavy atom. The summed E-state index contributed by atoms with van der Waals surface area (Å²) >= 11 is 0. The van der Waals surface area contributed by atoms with Gasteiger partial charge in [-0.15, -0.1) is 0 Å². The molecule has 1 rings (SSSR count). The second-order valence-electron chi connectivity index (χ2n) is 5.99. The summed E-state index contributed by atoms with van der Waals surface area (Å²) in [5, 5.41) is 2.78. The zero-order valence-corrected chi connectivity index (χ0v) is 12.0. The quantitative estimate of drug-likeness (QED) is 0.880. The molecular formula is C15H23FN2O. The lowest BCUT2D eigenvalue weighted by Gasteiger charge is -2.27. The maximum absolute atomic E-state index is 13.6. The first kappa shape index (κ1) is 15.6. The molecule has 0 aliphatic carbocycles. The zero-order chi connectivity index (χ0) is 14.6. The van der Waals surface area contributed by atoms with Gasteiger partial charge in [0.2, 0.25) is 5.91 Å². The highest BCUT2D eigenvalue weighted by molar-refractivity contribution is 5.77. The van der Waals surface area contributed by atoms with Crippen molar-refractivity contribution in [1.29, 1.82) is 0 Å². The lowest BCUT2D eigenvalue weighted by atomic mass is 9.85. The topological polar surface area (TPSA) is 55.1 Å². The molecule has 0 radical (unpaired) electrons. The third-order valence-corrected chi connectivity index (χ3v) is 3.27. The molecule has 0 aromatic heterocycles. The summed E-state index contributed by atoms with van der Waals surface area (Å²) in [6.07, 6.45) is 0.238. The van der Waals surface area contributed by atoms with Crippen molar-refractivity contribution in [3.8, 4) is 0 Å².